The Bertz CT molecular complexity index is 872. The maximum atomic E-state index is 12.7. The highest BCUT2D eigenvalue weighted by atomic mass is 79.9. The highest BCUT2D eigenvalue weighted by Gasteiger charge is 2.34. The number of benzene rings is 2. The lowest BCUT2D eigenvalue weighted by molar-refractivity contribution is -0.384. The maximum absolute atomic E-state index is 12.7. The minimum absolute atomic E-state index is 0.146. The molecule has 2 aromatic carbocycles. The molecule has 0 spiro atoms. The number of carbonyl (C=O) groups is 2. The number of halogens is 1. The SMILES string of the molecule is O=C(NNc1ccccc1[N+](=O)[O-])C1CCCN1C(=O)c1ccc(Br)cc1. The van der Waals surface area contributed by atoms with Crippen LogP contribution in [0.15, 0.2) is 53.0 Å². The number of hydrogen-bond donors (Lipinski definition) is 2. The van der Waals surface area contributed by atoms with Gasteiger partial charge in [0.1, 0.15) is 11.7 Å². The van der Waals surface area contributed by atoms with Crippen LogP contribution in [0.25, 0.3) is 0 Å². The van der Waals surface area contributed by atoms with Gasteiger partial charge in [0.25, 0.3) is 17.5 Å². The fourth-order valence-electron chi connectivity index (χ4n) is 2.99. The number of amides is 2. The lowest BCUT2D eigenvalue weighted by atomic mass is 10.1. The van der Waals surface area contributed by atoms with Gasteiger partial charge < -0.3 is 4.90 Å². The van der Waals surface area contributed by atoms with Crippen molar-refractivity contribution in [3.05, 3.63) is 68.7 Å². The summed E-state index contributed by atoms with van der Waals surface area (Å²) in [6, 6.07) is 12.3. The van der Waals surface area contributed by atoms with Crippen molar-refractivity contribution in [3.8, 4) is 0 Å². The van der Waals surface area contributed by atoms with E-state index in [4.69, 9.17) is 0 Å². The molecule has 2 aromatic rings. The molecule has 1 fully saturated rings. The molecule has 27 heavy (non-hydrogen) atoms. The number of hydrazine groups is 1. The molecule has 0 saturated carbocycles. The van der Waals surface area contributed by atoms with Gasteiger partial charge in [-0.1, -0.05) is 28.1 Å². The second-order valence-corrected chi connectivity index (χ2v) is 6.97. The van der Waals surface area contributed by atoms with E-state index >= 15 is 0 Å². The molecule has 1 heterocycles. The van der Waals surface area contributed by atoms with Gasteiger partial charge in [0.05, 0.1) is 4.92 Å². The van der Waals surface area contributed by atoms with Crippen molar-refractivity contribution in [1.82, 2.24) is 10.3 Å². The Labute approximate surface area is 163 Å². The Hall–Kier alpha value is -2.94. The minimum atomic E-state index is -0.628. The zero-order chi connectivity index (χ0) is 19.4. The van der Waals surface area contributed by atoms with Crippen LogP contribution in [0, 0.1) is 10.1 Å². The number of rotatable bonds is 5. The molecule has 0 aliphatic carbocycles. The largest absolute Gasteiger partial charge is 0.327 e. The summed E-state index contributed by atoms with van der Waals surface area (Å²) in [4.78, 5) is 37.3. The predicted molar refractivity (Wildman–Crippen MR) is 103 cm³/mol. The molecule has 2 N–H and O–H groups in total. The van der Waals surface area contributed by atoms with Gasteiger partial charge in [-0.25, -0.2) is 0 Å². The number of anilines is 1. The van der Waals surface area contributed by atoms with Gasteiger partial charge in [0.2, 0.25) is 0 Å². The monoisotopic (exact) mass is 432 g/mol. The first kappa shape index (κ1) is 18.8. The van der Waals surface area contributed by atoms with Crippen molar-refractivity contribution in [2.75, 3.05) is 12.0 Å². The second-order valence-electron chi connectivity index (χ2n) is 6.05. The standard InChI is InChI=1S/C18H17BrN4O4/c19-13-9-7-12(8-10-13)18(25)22-11-3-6-16(22)17(24)21-20-14-4-1-2-5-15(14)23(26)27/h1-2,4-5,7-10,16,20H,3,6,11H2,(H,21,24). The third-order valence-corrected chi connectivity index (χ3v) is 4.86. The number of hydrogen-bond acceptors (Lipinski definition) is 5. The average molecular weight is 433 g/mol. The van der Waals surface area contributed by atoms with E-state index in [1.54, 1.807) is 36.4 Å². The first-order valence-electron chi connectivity index (χ1n) is 8.33. The molecule has 8 nitrogen and oxygen atoms in total. The van der Waals surface area contributed by atoms with E-state index in [0.717, 1.165) is 4.47 Å². The Morgan fingerprint density at radius 2 is 1.85 bits per heavy atom. The summed E-state index contributed by atoms with van der Waals surface area (Å²) in [5.41, 5.74) is 5.62. The highest BCUT2D eigenvalue weighted by molar-refractivity contribution is 9.10. The first-order valence-corrected chi connectivity index (χ1v) is 9.12. The lowest BCUT2D eigenvalue weighted by Crippen LogP contribution is -2.47. The molecular formula is C18H17BrN4O4. The van der Waals surface area contributed by atoms with Crippen molar-refractivity contribution in [3.63, 3.8) is 0 Å². The number of nitrogens with zero attached hydrogens (tertiary/aromatic N) is 2. The molecule has 2 amide bonds. The fraction of sp³-hybridized carbons (Fsp3) is 0.222. The van der Waals surface area contributed by atoms with Gasteiger partial charge >= 0.3 is 0 Å². The molecule has 0 aromatic heterocycles. The number of nitro groups is 1. The first-order chi connectivity index (χ1) is 13.0. The summed E-state index contributed by atoms with van der Waals surface area (Å²) in [6.45, 7) is 0.485. The normalized spacial score (nSPS) is 16.0. The van der Waals surface area contributed by atoms with E-state index < -0.39 is 16.9 Å². The van der Waals surface area contributed by atoms with Crippen LogP contribution >= 0.6 is 15.9 Å². The summed E-state index contributed by atoms with van der Waals surface area (Å²) < 4.78 is 0.864. The van der Waals surface area contributed by atoms with E-state index in [-0.39, 0.29) is 17.3 Å². The van der Waals surface area contributed by atoms with Gasteiger partial charge in [-0.3, -0.25) is 30.6 Å². The number of para-hydroxylation sites is 2. The molecule has 0 radical (unpaired) electrons. The van der Waals surface area contributed by atoms with Crippen molar-refractivity contribution < 1.29 is 14.5 Å². The van der Waals surface area contributed by atoms with E-state index in [9.17, 15) is 19.7 Å². The van der Waals surface area contributed by atoms with Crippen LogP contribution in [0.5, 0.6) is 0 Å². The maximum Gasteiger partial charge on any atom is 0.294 e. The van der Waals surface area contributed by atoms with E-state index in [0.29, 0.717) is 24.9 Å². The van der Waals surface area contributed by atoms with Crippen LogP contribution in [0.2, 0.25) is 0 Å². The zero-order valence-electron chi connectivity index (χ0n) is 14.2. The summed E-state index contributed by atoms with van der Waals surface area (Å²) in [6.07, 6.45) is 1.25. The van der Waals surface area contributed by atoms with E-state index in [1.165, 1.54) is 17.0 Å². The molecule has 1 atom stereocenters. The van der Waals surface area contributed by atoms with Crippen LogP contribution in [-0.2, 0) is 4.79 Å². The summed E-state index contributed by atoms with van der Waals surface area (Å²) in [5, 5.41) is 11.0. The Kier molecular flexibility index (Phi) is 5.70. The number of nitro benzene ring substituents is 1. The number of likely N-dealkylation sites (tertiary alicyclic amines) is 1. The second kappa shape index (κ2) is 8.17. The Balaban J connectivity index is 1.68. The topological polar surface area (TPSA) is 105 Å². The van der Waals surface area contributed by atoms with Gasteiger partial charge in [0.15, 0.2) is 0 Å². The smallest absolute Gasteiger partial charge is 0.294 e. The van der Waals surface area contributed by atoms with Crippen LogP contribution in [0.1, 0.15) is 23.2 Å². The molecule has 1 unspecified atom stereocenters. The Morgan fingerprint density at radius 1 is 1.15 bits per heavy atom. The van der Waals surface area contributed by atoms with Crippen LogP contribution in [0.4, 0.5) is 11.4 Å². The summed E-state index contributed by atoms with van der Waals surface area (Å²) in [5.74, 6) is -0.623. The molecule has 140 valence electrons. The number of nitrogens with one attached hydrogen (secondary N) is 2. The molecule has 1 aliphatic rings. The van der Waals surface area contributed by atoms with Crippen LogP contribution < -0.4 is 10.9 Å². The van der Waals surface area contributed by atoms with Crippen molar-refractivity contribution in [2.45, 2.75) is 18.9 Å². The van der Waals surface area contributed by atoms with E-state index in [1.807, 2.05) is 0 Å². The van der Waals surface area contributed by atoms with Crippen molar-refractivity contribution in [2.24, 2.45) is 0 Å². The summed E-state index contributed by atoms with van der Waals surface area (Å²) >= 11 is 3.33. The lowest BCUT2D eigenvalue weighted by Gasteiger charge is -2.24. The molecule has 9 heteroatoms. The zero-order valence-corrected chi connectivity index (χ0v) is 15.8. The predicted octanol–water partition coefficient (Wildman–Crippen LogP) is 3.11. The quantitative estimate of drug-likeness (QED) is 0.557. The molecule has 0 bridgehead atoms. The summed E-state index contributed by atoms with van der Waals surface area (Å²) in [7, 11) is 0. The van der Waals surface area contributed by atoms with Crippen LogP contribution in [0.3, 0.4) is 0 Å². The average Bonchev–Trinajstić information content (AvgIpc) is 3.16. The Morgan fingerprint density at radius 3 is 2.56 bits per heavy atom. The van der Waals surface area contributed by atoms with Crippen molar-refractivity contribution >= 4 is 39.1 Å². The van der Waals surface area contributed by atoms with Gasteiger partial charge in [-0.05, 0) is 43.2 Å². The molecule has 3 rings (SSSR count). The van der Waals surface area contributed by atoms with Crippen LogP contribution in [-0.4, -0.2) is 34.2 Å². The van der Waals surface area contributed by atoms with Crippen molar-refractivity contribution in [1.29, 1.82) is 0 Å². The minimum Gasteiger partial charge on any atom is -0.327 e. The highest BCUT2D eigenvalue weighted by Crippen LogP contribution is 2.24. The fourth-order valence-corrected chi connectivity index (χ4v) is 3.26. The van der Waals surface area contributed by atoms with Gasteiger partial charge in [-0.2, -0.15) is 0 Å². The van der Waals surface area contributed by atoms with Gasteiger partial charge in [0, 0.05) is 22.6 Å². The van der Waals surface area contributed by atoms with E-state index in [2.05, 4.69) is 26.8 Å². The molecule has 1 saturated heterocycles. The third kappa shape index (κ3) is 4.25. The molecular weight excluding hydrogens is 416 g/mol. The number of carbonyl (C=O) groups excluding carboxylic acids is 2. The van der Waals surface area contributed by atoms with Gasteiger partial charge in [-0.15, -0.1) is 0 Å². The molecule has 1 aliphatic heterocycles. The third-order valence-electron chi connectivity index (χ3n) is 4.33.